The van der Waals surface area contributed by atoms with Crippen molar-refractivity contribution in [2.75, 3.05) is 21.3 Å². The zero-order valence-electron chi connectivity index (χ0n) is 35.1. The van der Waals surface area contributed by atoms with Gasteiger partial charge >= 0.3 is 23.5 Å². The molecule has 0 saturated carbocycles. The normalized spacial score (nSPS) is 16.8. The number of carbonyl (C=O) groups is 3. The lowest BCUT2D eigenvalue weighted by molar-refractivity contribution is -0.139. The summed E-state index contributed by atoms with van der Waals surface area (Å²) >= 11 is 0. The summed E-state index contributed by atoms with van der Waals surface area (Å²) in [5, 5.41) is 4.16. The molecule has 0 radical (unpaired) electrons. The predicted octanol–water partition coefficient (Wildman–Crippen LogP) is 5.88. The van der Waals surface area contributed by atoms with Gasteiger partial charge in [-0.05, 0) is 85.9 Å². The molecule has 1 saturated heterocycles. The Hall–Kier alpha value is -5.90. The van der Waals surface area contributed by atoms with Gasteiger partial charge in [-0.25, -0.2) is 19.2 Å². The maximum absolute atomic E-state index is 14.3. The van der Waals surface area contributed by atoms with E-state index in [4.69, 9.17) is 44.3 Å². The van der Waals surface area contributed by atoms with Gasteiger partial charge in [-0.2, -0.15) is 0 Å². The highest BCUT2D eigenvalue weighted by molar-refractivity contribution is 6.17. The van der Waals surface area contributed by atoms with Crippen LogP contribution in [0.1, 0.15) is 59.4 Å². The maximum atomic E-state index is 14.3. The second-order valence-electron chi connectivity index (χ2n) is 16.4. The Morgan fingerprint density at radius 2 is 1.38 bits per heavy atom. The van der Waals surface area contributed by atoms with Gasteiger partial charge in [-0.1, -0.05) is 33.8 Å². The molecule has 1 fully saturated rings. The van der Waals surface area contributed by atoms with E-state index >= 15 is 0 Å². The van der Waals surface area contributed by atoms with Crippen LogP contribution in [0.15, 0.2) is 51.7 Å². The number of nitrogens with zero attached hydrogens (tertiary/aromatic N) is 1. The van der Waals surface area contributed by atoms with E-state index in [-0.39, 0.29) is 63.5 Å². The number of esters is 3. The first-order valence-corrected chi connectivity index (χ1v) is 20.1. The third-order valence-electron chi connectivity index (χ3n) is 10.9. The second kappa shape index (κ2) is 17.0. The molecule has 2 aromatic heterocycles. The van der Waals surface area contributed by atoms with Crippen LogP contribution in [0.2, 0.25) is 0 Å². The average Bonchev–Trinajstić information content (AvgIpc) is 3.55. The summed E-state index contributed by atoms with van der Waals surface area (Å²) < 4.78 is 42.6. The number of aryl methyl sites for hydroxylation is 2. The van der Waals surface area contributed by atoms with Gasteiger partial charge in [0, 0.05) is 40.6 Å². The highest BCUT2D eigenvalue weighted by Gasteiger charge is 2.34. The van der Waals surface area contributed by atoms with Crippen LogP contribution in [-0.2, 0) is 27.3 Å². The third kappa shape index (κ3) is 8.04. The van der Waals surface area contributed by atoms with E-state index in [1.165, 1.54) is 27.4 Å². The number of hydrogen-bond acceptors (Lipinski definition) is 14. The lowest BCUT2D eigenvalue weighted by Gasteiger charge is -2.32. The van der Waals surface area contributed by atoms with Gasteiger partial charge in [0.2, 0.25) is 0 Å². The number of nitrogens with two attached hydrogens (primary N) is 2. The van der Waals surface area contributed by atoms with Crippen molar-refractivity contribution in [2.45, 2.75) is 91.0 Å². The van der Waals surface area contributed by atoms with Crippen LogP contribution < -0.4 is 50.8 Å². The van der Waals surface area contributed by atoms with Crippen LogP contribution >= 0.6 is 0 Å². The standard InChI is InChI=1S/C45H52N4O11/c1-21(2)13-28(46)42(50)59-36-16-24-11-12-49-40(26(24)18-34(36)55-7)38(25-9-10-31(33(17-25)54-6)57-44(52)30-15-23(5)48-30)39-27-19-35(56-8)37(20-32(27)58-45(53)41(39)49)60-43(51)29(47)14-22(3)4/h9-10,16-23,28-30,48H,11-15,46-47H2,1-8H3/t23?,28-,29-,30-/m0/s1. The minimum Gasteiger partial charge on any atom is -0.493 e. The SMILES string of the molecule is COc1cc(-c2c3n(c4c(=O)oc5cc(OC(=O)[C@@H](N)CC(C)C)c(OC)cc5c24)CCc2cc(OC(=O)[C@@H](N)CC(C)C)c(OC)cc2-3)ccc1OC(=O)[C@@H]1CC(C)N1. The third-order valence-corrected chi connectivity index (χ3v) is 10.9. The van der Waals surface area contributed by atoms with Crippen molar-refractivity contribution in [1.29, 1.82) is 0 Å². The molecule has 3 aromatic carbocycles. The lowest BCUT2D eigenvalue weighted by Crippen LogP contribution is -2.56. The van der Waals surface area contributed by atoms with E-state index < -0.39 is 41.7 Å². The minimum atomic E-state index is -0.881. The van der Waals surface area contributed by atoms with E-state index in [0.29, 0.717) is 65.4 Å². The summed E-state index contributed by atoms with van der Waals surface area (Å²) in [5.41, 5.74) is 15.5. The maximum Gasteiger partial charge on any atom is 0.361 e. The van der Waals surface area contributed by atoms with Crippen LogP contribution in [-0.4, -0.2) is 68.0 Å². The number of fused-ring (bicyclic) bond motifs is 7. The highest BCUT2D eigenvalue weighted by atomic mass is 16.6. The van der Waals surface area contributed by atoms with Gasteiger partial charge in [0.05, 0.1) is 27.0 Å². The average molecular weight is 825 g/mol. The number of aromatic nitrogens is 1. The van der Waals surface area contributed by atoms with Crippen molar-refractivity contribution in [3.05, 3.63) is 58.4 Å². The minimum absolute atomic E-state index is 0.0377. The number of benzene rings is 3. The molecule has 60 heavy (non-hydrogen) atoms. The summed E-state index contributed by atoms with van der Waals surface area (Å²) in [5.74, 6) is -0.0606. The fourth-order valence-electron chi connectivity index (χ4n) is 8.09. The van der Waals surface area contributed by atoms with E-state index in [9.17, 15) is 19.2 Å². The van der Waals surface area contributed by atoms with Crippen molar-refractivity contribution in [3.63, 3.8) is 0 Å². The fourth-order valence-corrected chi connectivity index (χ4v) is 8.09. The van der Waals surface area contributed by atoms with E-state index in [1.54, 1.807) is 36.4 Å². The first-order chi connectivity index (χ1) is 28.6. The molecule has 2 aliphatic rings. The van der Waals surface area contributed by atoms with Gasteiger partial charge in [-0.3, -0.25) is 0 Å². The summed E-state index contributed by atoms with van der Waals surface area (Å²) in [4.78, 5) is 53.4. The van der Waals surface area contributed by atoms with Gasteiger partial charge in [0.15, 0.2) is 34.5 Å². The predicted molar refractivity (Wildman–Crippen MR) is 225 cm³/mol. The first kappa shape index (κ1) is 42.2. The van der Waals surface area contributed by atoms with Gasteiger partial charge in [0.1, 0.15) is 29.2 Å². The lowest BCUT2D eigenvalue weighted by atomic mass is 9.91. The quantitative estimate of drug-likeness (QED) is 0.0680. The number of nitrogens with one attached hydrogen (secondary N) is 1. The van der Waals surface area contributed by atoms with Crippen LogP contribution in [0.5, 0.6) is 34.5 Å². The van der Waals surface area contributed by atoms with E-state index in [2.05, 4.69) is 5.32 Å². The second-order valence-corrected chi connectivity index (χ2v) is 16.4. The Balaban J connectivity index is 1.44. The van der Waals surface area contributed by atoms with E-state index in [1.807, 2.05) is 39.2 Å². The molecule has 0 amide bonds. The largest absolute Gasteiger partial charge is 0.493 e. The smallest absolute Gasteiger partial charge is 0.361 e. The van der Waals surface area contributed by atoms with Crippen molar-refractivity contribution < 1.29 is 47.2 Å². The van der Waals surface area contributed by atoms with Gasteiger partial charge in [-0.15, -0.1) is 0 Å². The summed E-state index contributed by atoms with van der Waals surface area (Å²) in [6.45, 7) is 10.2. The number of hydrogen-bond donors (Lipinski definition) is 3. The van der Waals surface area contributed by atoms with Crippen LogP contribution in [0.25, 0.3) is 44.3 Å². The zero-order chi connectivity index (χ0) is 43.2. The Bertz CT molecular complexity index is 2550. The van der Waals surface area contributed by atoms with Crippen LogP contribution in [0.4, 0.5) is 0 Å². The summed E-state index contributed by atoms with van der Waals surface area (Å²) in [6, 6.07) is 9.94. The molecule has 2 aliphatic heterocycles. The van der Waals surface area contributed by atoms with Crippen molar-refractivity contribution in [2.24, 2.45) is 23.3 Å². The summed E-state index contributed by atoms with van der Waals surface area (Å²) in [7, 11) is 4.40. The van der Waals surface area contributed by atoms with Crippen molar-refractivity contribution in [3.8, 4) is 56.9 Å². The molecule has 15 nitrogen and oxygen atoms in total. The molecule has 5 aromatic rings. The molecule has 4 atom stereocenters. The number of carbonyl (C=O) groups excluding carboxylic acids is 3. The molecule has 0 bridgehead atoms. The van der Waals surface area contributed by atoms with E-state index in [0.717, 1.165) is 5.56 Å². The first-order valence-electron chi connectivity index (χ1n) is 20.1. The fraction of sp³-hybridized carbons (Fsp3) is 0.422. The monoisotopic (exact) mass is 824 g/mol. The highest BCUT2D eigenvalue weighted by Crippen LogP contribution is 2.50. The Kier molecular flexibility index (Phi) is 12.0. The zero-order valence-corrected chi connectivity index (χ0v) is 35.1. The molecule has 318 valence electrons. The van der Waals surface area contributed by atoms with Crippen LogP contribution in [0, 0.1) is 11.8 Å². The topological polar surface area (TPSA) is 206 Å². The Morgan fingerprint density at radius 1 is 0.800 bits per heavy atom. The molecular weight excluding hydrogens is 773 g/mol. The summed E-state index contributed by atoms with van der Waals surface area (Å²) in [6.07, 6.45) is 1.96. The molecule has 7 rings (SSSR count). The van der Waals surface area contributed by atoms with Gasteiger partial charge in [0.25, 0.3) is 0 Å². The number of rotatable bonds is 14. The van der Waals surface area contributed by atoms with Gasteiger partial charge < -0.3 is 54.2 Å². The molecule has 4 heterocycles. The Labute approximate surface area is 347 Å². The van der Waals surface area contributed by atoms with Crippen molar-refractivity contribution >= 4 is 39.8 Å². The van der Waals surface area contributed by atoms with Crippen molar-refractivity contribution in [1.82, 2.24) is 9.88 Å². The molecule has 0 aliphatic carbocycles. The van der Waals surface area contributed by atoms with Crippen LogP contribution in [0.3, 0.4) is 0 Å². The molecule has 0 spiro atoms. The number of methoxy groups -OCH3 is 3. The molecular formula is C45H52N4O11. The molecule has 5 N–H and O–H groups in total. The molecule has 1 unspecified atom stereocenters. The number of ether oxygens (including phenoxy) is 6. The molecule has 15 heteroatoms. The Morgan fingerprint density at radius 3 is 1.97 bits per heavy atom.